The van der Waals surface area contributed by atoms with Crippen molar-refractivity contribution in [2.75, 3.05) is 0 Å². The number of nitriles is 2. The van der Waals surface area contributed by atoms with Gasteiger partial charge in [-0.2, -0.15) is 26.3 Å². The van der Waals surface area contributed by atoms with E-state index in [0.717, 1.165) is 0 Å². The van der Waals surface area contributed by atoms with E-state index in [2.05, 4.69) is 29.8 Å². The van der Waals surface area contributed by atoms with Crippen LogP contribution in [-0.2, 0) is 20.2 Å². The van der Waals surface area contributed by atoms with E-state index in [1.165, 1.54) is 3.57 Å². The normalized spacial score (nSPS) is 11.9. The third kappa shape index (κ3) is 10.7. The van der Waals surface area contributed by atoms with Gasteiger partial charge in [-0.1, -0.05) is 0 Å². The van der Waals surface area contributed by atoms with Gasteiger partial charge in [0.25, 0.3) is 0 Å². The maximum Gasteiger partial charge on any atom is 0.485 e. The fraction of sp³-hybridized carbons (Fsp3) is 0.100. The summed E-state index contributed by atoms with van der Waals surface area (Å²) in [6.07, 6.45) is 7.84. The number of hydrogen-bond donors (Lipinski definition) is 0. The van der Waals surface area contributed by atoms with Crippen LogP contribution in [0.2, 0.25) is 0 Å². The Bertz CT molecular complexity index is 1440. The zero-order chi connectivity index (χ0) is 30.1. The van der Waals surface area contributed by atoms with Gasteiger partial charge in [0.15, 0.2) is 20.2 Å². The molecule has 0 fully saturated rings. The summed E-state index contributed by atoms with van der Waals surface area (Å²) in [5, 5.41) is 18.0. The number of alkyl halides is 6. The second kappa shape index (κ2) is 13.6. The Morgan fingerprint density at radius 1 is 0.641 bits per heavy atom. The number of halogens is 7. The van der Waals surface area contributed by atoms with Crippen LogP contribution >= 0.6 is 20.4 Å². The standard InChI is InChI=1S/C18H13IN4.2CHF3O3S/c20-14-16-6-10-22(11-7-16)19(18-4-2-1-3-5-18)23-12-8-17(15-21)9-13-23;2*2-1(3,4)8(5,6)7/h1-13H;2*(H,5,6,7)/q+2;;/p-2. The monoisotopic (exact) mass is 710 g/mol. The van der Waals surface area contributed by atoms with E-state index in [1.807, 2.05) is 67.3 Å². The molecule has 0 amide bonds. The minimum absolute atomic E-state index is 0.648. The average Bonchev–Trinajstić information content (AvgIpc) is 2.84. The molecule has 1 aromatic carbocycles. The minimum atomic E-state index is -6.09. The number of hydrogen-bond acceptors (Lipinski definition) is 8. The van der Waals surface area contributed by atoms with Crippen molar-refractivity contribution in [2.45, 2.75) is 11.0 Å². The molecule has 0 saturated carbocycles. The number of pyridine rings is 2. The van der Waals surface area contributed by atoms with Gasteiger partial charge in [0.2, 0.25) is 0 Å². The molecule has 0 spiro atoms. The van der Waals surface area contributed by atoms with Crippen molar-refractivity contribution in [1.29, 1.82) is 10.5 Å². The molecule has 0 N–H and O–H groups in total. The van der Waals surface area contributed by atoms with Gasteiger partial charge in [-0.3, -0.25) is 0 Å². The van der Waals surface area contributed by atoms with E-state index in [-0.39, 0.29) is 0 Å². The molecule has 19 heteroatoms. The van der Waals surface area contributed by atoms with Crippen LogP contribution in [0.25, 0.3) is 0 Å². The number of rotatable bonds is 3. The van der Waals surface area contributed by atoms with Crippen molar-refractivity contribution < 1.29 is 57.8 Å². The molecule has 0 bridgehead atoms. The summed E-state index contributed by atoms with van der Waals surface area (Å²) in [5.74, 6) is 0. The first kappa shape index (κ1) is 33.7. The predicted octanol–water partition coefficient (Wildman–Crippen LogP) is 2.71. The van der Waals surface area contributed by atoms with E-state index in [1.54, 1.807) is 0 Å². The second-order valence-corrected chi connectivity index (χ2v) is 14.0. The molecule has 3 aromatic rings. The fourth-order valence-corrected chi connectivity index (χ4v) is 6.81. The molecule has 0 atom stereocenters. The van der Waals surface area contributed by atoms with E-state index in [4.69, 9.17) is 36.5 Å². The van der Waals surface area contributed by atoms with Crippen molar-refractivity contribution in [3.8, 4) is 12.1 Å². The summed E-state index contributed by atoms with van der Waals surface area (Å²) in [4.78, 5) is 0. The third-order valence-electron chi connectivity index (χ3n) is 3.71. The van der Waals surface area contributed by atoms with Gasteiger partial charge in [0.05, 0.1) is 0 Å². The van der Waals surface area contributed by atoms with Crippen LogP contribution in [0.15, 0.2) is 79.4 Å². The summed E-state index contributed by atoms with van der Waals surface area (Å²) in [6.45, 7) is 0. The molecule has 0 saturated heterocycles. The predicted molar refractivity (Wildman–Crippen MR) is 124 cm³/mol. The van der Waals surface area contributed by atoms with E-state index >= 15 is 0 Å². The number of benzene rings is 1. The molecule has 2 aromatic heterocycles. The van der Waals surface area contributed by atoms with Crippen molar-refractivity contribution >= 4 is 40.6 Å². The van der Waals surface area contributed by atoms with Gasteiger partial charge in [0.1, 0.15) is 0 Å². The molecule has 0 aliphatic carbocycles. The molecular formula is C20H13F6IN4O6S2. The summed E-state index contributed by atoms with van der Waals surface area (Å²) in [5.41, 5.74) is -10.00. The van der Waals surface area contributed by atoms with E-state index in [0.29, 0.717) is 11.1 Å². The van der Waals surface area contributed by atoms with Crippen LogP contribution in [0.3, 0.4) is 0 Å². The second-order valence-electron chi connectivity index (χ2n) is 6.43. The Kier molecular flexibility index (Phi) is 11.8. The average molecular weight is 710 g/mol. The first-order valence-electron chi connectivity index (χ1n) is 9.45. The summed E-state index contributed by atoms with van der Waals surface area (Å²) in [6, 6.07) is 22.0. The molecule has 10 nitrogen and oxygen atoms in total. The molecule has 3 rings (SSSR count). The number of aromatic nitrogens is 2. The molecule has 2 heterocycles. The van der Waals surface area contributed by atoms with Gasteiger partial charge in [-0.15, -0.1) is 0 Å². The molecule has 210 valence electrons. The smallest absolute Gasteiger partial charge is 0.485 e. The van der Waals surface area contributed by atoms with Gasteiger partial charge in [-0.05, 0) is 0 Å². The molecule has 0 aliphatic heterocycles. The first-order chi connectivity index (χ1) is 17.8. The first-order valence-corrected chi connectivity index (χ1v) is 15.3. The van der Waals surface area contributed by atoms with Crippen LogP contribution in [-0.4, -0.2) is 37.0 Å². The fourth-order valence-electron chi connectivity index (χ4n) is 2.03. The molecule has 0 unspecified atom stereocenters. The SMILES string of the molecule is N#Cc1cc[n+](I(c2ccccc2)[n+]2ccc(C#N)cc2)cc1.O=S(=O)([O-])C(F)(F)F.O=S(=O)([O-])C(F)(F)F. The van der Waals surface area contributed by atoms with Crippen molar-refractivity contribution in [1.82, 2.24) is 0 Å². The summed E-state index contributed by atoms with van der Waals surface area (Å²) in [7, 11) is -12.2. The van der Waals surface area contributed by atoms with Crippen LogP contribution in [0.5, 0.6) is 0 Å². The van der Waals surface area contributed by atoms with Gasteiger partial charge in [0, 0.05) is 0 Å². The largest absolute Gasteiger partial charge is 0.741 e. The Labute approximate surface area is 225 Å². The summed E-state index contributed by atoms with van der Waals surface area (Å²) >= 11 is -1.97. The Morgan fingerprint density at radius 3 is 1.15 bits per heavy atom. The van der Waals surface area contributed by atoms with Crippen molar-refractivity contribution in [3.05, 3.63) is 94.1 Å². The van der Waals surface area contributed by atoms with E-state index < -0.39 is 51.6 Å². The van der Waals surface area contributed by atoms with Gasteiger partial charge in [-0.25, -0.2) is 16.8 Å². The topological polar surface area (TPSA) is 170 Å². The summed E-state index contributed by atoms with van der Waals surface area (Å²) < 4.78 is 123. The van der Waals surface area contributed by atoms with Crippen LogP contribution in [0.4, 0.5) is 26.3 Å². The maximum atomic E-state index is 10.7. The van der Waals surface area contributed by atoms with Crippen molar-refractivity contribution in [2.24, 2.45) is 0 Å². The Morgan fingerprint density at radius 2 is 0.923 bits per heavy atom. The Balaban J connectivity index is 0.000000393. The number of nitrogens with zero attached hydrogens (tertiary/aromatic N) is 4. The minimum Gasteiger partial charge on any atom is -0.741 e. The van der Waals surface area contributed by atoms with Crippen LogP contribution in [0, 0.1) is 26.2 Å². The van der Waals surface area contributed by atoms with Gasteiger partial charge < -0.3 is 9.11 Å². The third-order valence-corrected chi connectivity index (χ3v) is 10.1. The molecule has 0 radical (unpaired) electrons. The van der Waals surface area contributed by atoms with Crippen molar-refractivity contribution in [3.63, 3.8) is 0 Å². The zero-order valence-electron chi connectivity index (χ0n) is 18.7. The quantitative estimate of drug-likeness (QED) is 0.173. The molecule has 39 heavy (non-hydrogen) atoms. The van der Waals surface area contributed by atoms with E-state index in [9.17, 15) is 26.3 Å². The zero-order valence-corrected chi connectivity index (χ0v) is 22.5. The maximum absolute atomic E-state index is 10.7. The van der Waals surface area contributed by atoms with Gasteiger partial charge >= 0.3 is 154 Å². The molecular weight excluding hydrogens is 697 g/mol. The molecule has 0 aliphatic rings. The van der Waals surface area contributed by atoms with Crippen LogP contribution in [0.1, 0.15) is 11.1 Å². The van der Waals surface area contributed by atoms with Crippen LogP contribution < -0.4 is 5.56 Å². The Hall–Kier alpha value is -3.37.